The van der Waals surface area contributed by atoms with Crippen molar-refractivity contribution in [2.45, 2.75) is 4.83 Å². The zero-order chi connectivity index (χ0) is 13.0. The Morgan fingerprint density at radius 2 is 2.00 bits per heavy atom. The second-order valence-electron chi connectivity index (χ2n) is 3.12. The molecule has 0 bridgehead atoms. The van der Waals surface area contributed by atoms with Crippen LogP contribution < -0.4 is 5.32 Å². The first-order chi connectivity index (χ1) is 7.95. The summed E-state index contributed by atoms with van der Waals surface area (Å²) >= 11 is 18.5. The van der Waals surface area contributed by atoms with Crippen LogP contribution in [-0.4, -0.2) is 24.5 Å². The maximum atomic E-state index is 11.2. The number of anilines is 1. The molecular formula is C10H9Br2Cl2NO2. The Morgan fingerprint density at radius 1 is 1.47 bits per heavy atom. The molecule has 0 aliphatic carbocycles. The van der Waals surface area contributed by atoms with E-state index in [4.69, 9.17) is 23.2 Å². The molecule has 0 heterocycles. The van der Waals surface area contributed by atoms with E-state index in [0.29, 0.717) is 22.3 Å². The van der Waals surface area contributed by atoms with E-state index >= 15 is 0 Å². The molecule has 0 saturated carbocycles. The molecule has 0 aromatic heterocycles. The van der Waals surface area contributed by atoms with E-state index in [1.807, 2.05) is 0 Å². The highest BCUT2D eigenvalue weighted by Crippen LogP contribution is 2.33. The van der Waals surface area contributed by atoms with Crippen LogP contribution in [0.25, 0.3) is 0 Å². The van der Waals surface area contributed by atoms with Gasteiger partial charge in [-0.1, -0.05) is 55.1 Å². The van der Waals surface area contributed by atoms with Gasteiger partial charge in [-0.3, -0.25) is 4.79 Å². The van der Waals surface area contributed by atoms with Crippen LogP contribution in [0.15, 0.2) is 16.6 Å². The monoisotopic (exact) mass is 403 g/mol. The molecule has 0 aliphatic rings. The van der Waals surface area contributed by atoms with Gasteiger partial charge in [0.05, 0.1) is 22.8 Å². The van der Waals surface area contributed by atoms with Crippen LogP contribution in [0.4, 0.5) is 5.69 Å². The number of ether oxygens (including phenoxy) is 1. The summed E-state index contributed by atoms with van der Waals surface area (Å²) in [5.41, 5.74) is 0.588. The summed E-state index contributed by atoms with van der Waals surface area (Å²) in [5.74, 6) is -0.359. The molecule has 17 heavy (non-hydrogen) atoms. The number of benzene rings is 1. The highest BCUT2D eigenvalue weighted by Gasteiger charge is 2.16. The fourth-order valence-electron chi connectivity index (χ4n) is 1.11. The van der Waals surface area contributed by atoms with Gasteiger partial charge in [0, 0.05) is 11.0 Å². The van der Waals surface area contributed by atoms with E-state index in [1.165, 1.54) is 7.11 Å². The van der Waals surface area contributed by atoms with Crippen molar-refractivity contribution >= 4 is 66.7 Å². The highest BCUT2D eigenvalue weighted by molar-refractivity contribution is 9.10. The van der Waals surface area contributed by atoms with Crippen LogP contribution in [0.5, 0.6) is 0 Å². The largest absolute Gasteiger partial charge is 0.468 e. The summed E-state index contributed by atoms with van der Waals surface area (Å²) in [5, 5.41) is 3.95. The van der Waals surface area contributed by atoms with Crippen molar-refractivity contribution in [1.82, 2.24) is 0 Å². The number of halogens is 4. The number of hydrogen-bond acceptors (Lipinski definition) is 3. The third kappa shape index (κ3) is 4.32. The highest BCUT2D eigenvalue weighted by atomic mass is 79.9. The fourth-order valence-corrected chi connectivity index (χ4v) is 2.80. The van der Waals surface area contributed by atoms with Crippen LogP contribution in [0.2, 0.25) is 10.0 Å². The van der Waals surface area contributed by atoms with Crippen molar-refractivity contribution in [3.05, 3.63) is 26.7 Å². The number of methoxy groups -OCH3 is 1. The SMILES string of the molecule is COC(=O)C(Br)CNc1c(Cl)cc(Br)cc1Cl. The molecule has 1 N–H and O–H groups in total. The minimum Gasteiger partial charge on any atom is -0.468 e. The molecule has 0 spiro atoms. The number of alkyl halides is 1. The van der Waals surface area contributed by atoms with Gasteiger partial charge in [0.15, 0.2) is 0 Å². The zero-order valence-corrected chi connectivity index (χ0v) is 13.5. The molecule has 3 nitrogen and oxygen atoms in total. The maximum Gasteiger partial charge on any atom is 0.321 e. The summed E-state index contributed by atoms with van der Waals surface area (Å²) in [6.07, 6.45) is 0. The molecule has 0 fully saturated rings. The Labute approximate surface area is 126 Å². The standard InChI is InChI=1S/C10H9Br2Cl2NO2/c1-17-10(16)6(12)4-15-9-7(13)2-5(11)3-8(9)14/h2-3,6,15H,4H2,1H3. The Morgan fingerprint density at radius 3 is 2.47 bits per heavy atom. The fraction of sp³-hybridized carbons (Fsp3) is 0.300. The summed E-state index contributed by atoms with van der Waals surface area (Å²) < 4.78 is 5.37. The third-order valence-electron chi connectivity index (χ3n) is 1.92. The summed E-state index contributed by atoms with van der Waals surface area (Å²) in [6, 6.07) is 3.44. The number of carbonyl (C=O) groups excluding carboxylic acids is 1. The van der Waals surface area contributed by atoms with Gasteiger partial charge in [-0.05, 0) is 12.1 Å². The van der Waals surface area contributed by atoms with Crippen molar-refractivity contribution in [1.29, 1.82) is 0 Å². The maximum absolute atomic E-state index is 11.2. The smallest absolute Gasteiger partial charge is 0.321 e. The molecule has 1 aromatic rings. The van der Waals surface area contributed by atoms with Crippen LogP contribution >= 0.6 is 55.1 Å². The van der Waals surface area contributed by atoms with Crippen molar-refractivity contribution in [2.75, 3.05) is 19.0 Å². The molecule has 0 radical (unpaired) electrons. The molecular weight excluding hydrogens is 397 g/mol. The molecule has 0 amide bonds. The normalized spacial score (nSPS) is 12.1. The average Bonchev–Trinajstić information content (AvgIpc) is 2.26. The topological polar surface area (TPSA) is 38.3 Å². The Balaban J connectivity index is 2.73. The van der Waals surface area contributed by atoms with E-state index in [0.717, 1.165) is 4.47 Å². The van der Waals surface area contributed by atoms with E-state index in [2.05, 4.69) is 41.9 Å². The van der Waals surface area contributed by atoms with Gasteiger partial charge in [0.25, 0.3) is 0 Å². The molecule has 0 saturated heterocycles. The van der Waals surface area contributed by atoms with Gasteiger partial charge in [-0.2, -0.15) is 0 Å². The lowest BCUT2D eigenvalue weighted by Crippen LogP contribution is -2.24. The van der Waals surface area contributed by atoms with E-state index in [-0.39, 0.29) is 5.97 Å². The first-order valence-corrected chi connectivity index (χ1v) is 7.02. The van der Waals surface area contributed by atoms with Crippen molar-refractivity contribution < 1.29 is 9.53 Å². The van der Waals surface area contributed by atoms with Crippen LogP contribution in [0.3, 0.4) is 0 Å². The molecule has 7 heteroatoms. The Kier molecular flexibility index (Phi) is 6.06. The quantitative estimate of drug-likeness (QED) is 0.605. The first-order valence-electron chi connectivity index (χ1n) is 4.56. The van der Waals surface area contributed by atoms with Gasteiger partial charge >= 0.3 is 5.97 Å². The number of rotatable bonds is 4. The zero-order valence-electron chi connectivity index (χ0n) is 8.77. The number of hydrogen-bond donors (Lipinski definition) is 1. The predicted octanol–water partition coefficient (Wildman–Crippen LogP) is 4.10. The molecule has 1 atom stereocenters. The second kappa shape index (κ2) is 6.83. The van der Waals surface area contributed by atoms with Crippen LogP contribution in [-0.2, 0) is 9.53 Å². The average molecular weight is 406 g/mol. The minimum atomic E-state index is -0.455. The molecule has 1 unspecified atom stereocenters. The molecule has 0 aliphatic heterocycles. The lowest BCUT2D eigenvalue weighted by molar-refractivity contribution is -0.139. The van der Waals surface area contributed by atoms with Gasteiger partial charge in [0.1, 0.15) is 4.83 Å². The predicted molar refractivity (Wildman–Crippen MR) is 77.4 cm³/mol. The van der Waals surface area contributed by atoms with E-state index < -0.39 is 4.83 Å². The van der Waals surface area contributed by atoms with Crippen LogP contribution in [0.1, 0.15) is 0 Å². The summed E-state index contributed by atoms with van der Waals surface area (Å²) in [6.45, 7) is 0.327. The molecule has 94 valence electrons. The van der Waals surface area contributed by atoms with Gasteiger partial charge in [-0.25, -0.2) is 0 Å². The second-order valence-corrected chi connectivity index (χ2v) is 5.95. The molecule has 1 rings (SSSR count). The summed E-state index contributed by atoms with van der Waals surface area (Å²) in [4.78, 5) is 10.7. The minimum absolute atomic E-state index is 0.327. The lowest BCUT2D eigenvalue weighted by Gasteiger charge is -2.13. The van der Waals surface area contributed by atoms with Crippen molar-refractivity contribution in [3.8, 4) is 0 Å². The lowest BCUT2D eigenvalue weighted by atomic mass is 10.3. The number of carbonyl (C=O) groups is 1. The van der Waals surface area contributed by atoms with Gasteiger partial charge in [0.2, 0.25) is 0 Å². The van der Waals surface area contributed by atoms with Gasteiger partial charge in [-0.15, -0.1) is 0 Å². The van der Waals surface area contributed by atoms with Crippen molar-refractivity contribution in [3.63, 3.8) is 0 Å². The molecule has 1 aromatic carbocycles. The Hall–Kier alpha value is 0.0300. The number of esters is 1. The van der Waals surface area contributed by atoms with E-state index in [9.17, 15) is 4.79 Å². The third-order valence-corrected chi connectivity index (χ3v) is 3.67. The van der Waals surface area contributed by atoms with Gasteiger partial charge < -0.3 is 10.1 Å². The Bertz CT molecular complexity index is 406. The van der Waals surface area contributed by atoms with E-state index in [1.54, 1.807) is 12.1 Å². The first kappa shape index (κ1) is 15.1. The van der Waals surface area contributed by atoms with Crippen molar-refractivity contribution in [2.24, 2.45) is 0 Å². The van der Waals surface area contributed by atoms with Crippen LogP contribution in [0, 0.1) is 0 Å². The number of nitrogens with one attached hydrogen (secondary N) is 1. The summed E-state index contributed by atoms with van der Waals surface area (Å²) in [7, 11) is 1.33.